The first-order chi connectivity index (χ1) is 16.0. The summed E-state index contributed by atoms with van der Waals surface area (Å²) in [4.78, 5) is 22.7. The van der Waals surface area contributed by atoms with Gasteiger partial charge in [-0.25, -0.2) is 9.97 Å². The summed E-state index contributed by atoms with van der Waals surface area (Å²) in [6, 6.07) is 13.4. The molecule has 1 atom stereocenters. The van der Waals surface area contributed by atoms with Crippen LogP contribution in [0.3, 0.4) is 0 Å². The first kappa shape index (κ1) is 22.4. The molecule has 4 aromatic rings. The number of amides is 1. The second kappa shape index (κ2) is 9.36. The minimum absolute atomic E-state index is 0.0236. The fraction of sp³-hybridized carbons (Fsp3) is 0.320. The van der Waals surface area contributed by atoms with Crippen LogP contribution in [0.25, 0.3) is 22.2 Å². The van der Waals surface area contributed by atoms with Gasteiger partial charge in [-0.3, -0.25) is 4.79 Å². The van der Waals surface area contributed by atoms with E-state index in [1.54, 1.807) is 14.2 Å². The Bertz CT molecular complexity index is 1310. The number of benzene rings is 2. The number of carbonyl (C=O) groups is 1. The zero-order chi connectivity index (χ0) is 23.5. The Hall–Kier alpha value is -3.81. The molecule has 2 aromatic heterocycles. The number of rotatable bonds is 8. The zero-order valence-electron chi connectivity index (χ0n) is 19.4. The van der Waals surface area contributed by atoms with Crippen molar-refractivity contribution in [2.75, 3.05) is 20.0 Å². The van der Waals surface area contributed by atoms with Gasteiger partial charge in [-0.2, -0.15) is 0 Å². The van der Waals surface area contributed by atoms with Gasteiger partial charge in [0.25, 0.3) is 5.91 Å². The Balaban J connectivity index is 1.77. The van der Waals surface area contributed by atoms with Gasteiger partial charge in [-0.15, -0.1) is 0 Å². The molecular weight excluding hydrogens is 418 g/mol. The summed E-state index contributed by atoms with van der Waals surface area (Å²) >= 11 is 0. The second-order valence-corrected chi connectivity index (χ2v) is 8.02. The molecule has 0 bridgehead atoms. The number of aromatic nitrogens is 3. The van der Waals surface area contributed by atoms with Gasteiger partial charge in [0.15, 0.2) is 17.1 Å². The minimum atomic E-state index is -0.235. The number of nitrogens with zero attached hydrogens (tertiary/aromatic N) is 3. The molecule has 0 spiro atoms. The number of para-hydroxylation sites is 2. The maximum atomic E-state index is 13.1. The van der Waals surface area contributed by atoms with Gasteiger partial charge in [-0.1, -0.05) is 25.1 Å². The van der Waals surface area contributed by atoms with E-state index in [2.05, 4.69) is 5.32 Å². The first-order valence-corrected chi connectivity index (χ1v) is 11.0. The van der Waals surface area contributed by atoms with Crippen LogP contribution in [0.15, 0.2) is 42.5 Å². The molecule has 0 aliphatic carbocycles. The number of aryl methyl sites for hydroxylation is 2. The lowest BCUT2D eigenvalue weighted by molar-refractivity contribution is 0.0941. The average molecular weight is 448 g/mol. The molecule has 8 heteroatoms. The number of anilines is 1. The average Bonchev–Trinajstić information content (AvgIpc) is 3.10. The van der Waals surface area contributed by atoms with E-state index in [0.29, 0.717) is 47.0 Å². The SMILES string of the molecule is CCC(C)NC(=O)c1c(N)n(CCc2ccc(OC)c(OC)c2)c2nc3ccccc3nc12. The van der Waals surface area contributed by atoms with Crippen molar-refractivity contribution in [1.29, 1.82) is 0 Å². The fourth-order valence-electron chi connectivity index (χ4n) is 3.84. The van der Waals surface area contributed by atoms with Crippen LogP contribution >= 0.6 is 0 Å². The molecule has 33 heavy (non-hydrogen) atoms. The summed E-state index contributed by atoms with van der Waals surface area (Å²) < 4.78 is 12.6. The maximum absolute atomic E-state index is 13.1. The molecular formula is C25H29N5O3. The van der Waals surface area contributed by atoms with Crippen molar-refractivity contribution in [2.24, 2.45) is 0 Å². The molecule has 4 rings (SSSR count). The van der Waals surface area contributed by atoms with Crippen molar-refractivity contribution in [1.82, 2.24) is 19.9 Å². The topological polar surface area (TPSA) is 104 Å². The second-order valence-electron chi connectivity index (χ2n) is 8.02. The first-order valence-electron chi connectivity index (χ1n) is 11.0. The summed E-state index contributed by atoms with van der Waals surface area (Å²) in [7, 11) is 3.22. The Kier molecular flexibility index (Phi) is 6.35. The van der Waals surface area contributed by atoms with E-state index >= 15 is 0 Å². The van der Waals surface area contributed by atoms with Crippen molar-refractivity contribution in [3.63, 3.8) is 0 Å². The summed E-state index contributed by atoms with van der Waals surface area (Å²) in [6.45, 7) is 4.51. The number of hydrogen-bond donors (Lipinski definition) is 2. The van der Waals surface area contributed by atoms with Gasteiger partial charge in [0.05, 0.1) is 25.3 Å². The van der Waals surface area contributed by atoms with Crippen LogP contribution in [0.4, 0.5) is 5.82 Å². The van der Waals surface area contributed by atoms with Crippen molar-refractivity contribution in [3.05, 3.63) is 53.6 Å². The van der Waals surface area contributed by atoms with Crippen LogP contribution in [0, 0.1) is 0 Å². The number of nitrogen functional groups attached to an aromatic ring is 1. The highest BCUT2D eigenvalue weighted by atomic mass is 16.5. The monoisotopic (exact) mass is 447 g/mol. The van der Waals surface area contributed by atoms with Crippen molar-refractivity contribution < 1.29 is 14.3 Å². The lowest BCUT2D eigenvalue weighted by atomic mass is 10.1. The van der Waals surface area contributed by atoms with Gasteiger partial charge >= 0.3 is 0 Å². The van der Waals surface area contributed by atoms with Gasteiger partial charge in [0.2, 0.25) is 0 Å². The summed E-state index contributed by atoms with van der Waals surface area (Å²) in [5, 5.41) is 3.01. The van der Waals surface area contributed by atoms with E-state index in [-0.39, 0.29) is 11.9 Å². The third-order valence-electron chi connectivity index (χ3n) is 5.88. The third-order valence-corrected chi connectivity index (χ3v) is 5.88. The van der Waals surface area contributed by atoms with Crippen molar-refractivity contribution in [2.45, 2.75) is 39.3 Å². The molecule has 0 fully saturated rings. The summed E-state index contributed by atoms with van der Waals surface area (Å²) in [5.41, 5.74) is 10.5. The predicted octanol–water partition coefficient (Wildman–Crippen LogP) is 3.95. The summed E-state index contributed by atoms with van der Waals surface area (Å²) in [5.74, 6) is 1.47. The zero-order valence-corrected chi connectivity index (χ0v) is 19.4. The molecule has 2 heterocycles. The third kappa shape index (κ3) is 4.28. The Morgan fingerprint density at radius 1 is 1.09 bits per heavy atom. The smallest absolute Gasteiger partial charge is 0.257 e. The van der Waals surface area contributed by atoms with E-state index in [1.165, 1.54) is 0 Å². The van der Waals surface area contributed by atoms with Crippen LogP contribution in [-0.2, 0) is 13.0 Å². The van der Waals surface area contributed by atoms with Crippen LogP contribution in [0.1, 0.15) is 36.2 Å². The molecule has 2 aromatic carbocycles. The standard InChI is InChI=1S/C25H29N5O3/c1-5-15(2)27-25(31)21-22-24(29-18-9-7-6-8-17(18)28-22)30(23(21)26)13-12-16-10-11-19(32-3)20(14-16)33-4/h6-11,14-15H,5,12-13,26H2,1-4H3,(H,27,31). The van der Waals surface area contributed by atoms with E-state index in [1.807, 2.05) is 60.9 Å². The normalized spacial score (nSPS) is 12.1. The fourth-order valence-corrected chi connectivity index (χ4v) is 3.84. The van der Waals surface area contributed by atoms with Crippen LogP contribution in [0.2, 0.25) is 0 Å². The molecule has 0 aliphatic heterocycles. The molecule has 0 radical (unpaired) electrons. The number of fused-ring (bicyclic) bond motifs is 2. The molecule has 172 valence electrons. The van der Waals surface area contributed by atoms with Crippen LogP contribution in [0.5, 0.6) is 11.5 Å². The molecule has 0 saturated heterocycles. The highest BCUT2D eigenvalue weighted by Gasteiger charge is 2.24. The number of nitrogens with two attached hydrogens (primary N) is 1. The molecule has 3 N–H and O–H groups in total. The molecule has 0 aliphatic rings. The number of nitrogens with one attached hydrogen (secondary N) is 1. The lowest BCUT2D eigenvalue weighted by Gasteiger charge is -2.12. The molecule has 8 nitrogen and oxygen atoms in total. The lowest BCUT2D eigenvalue weighted by Crippen LogP contribution is -2.32. The van der Waals surface area contributed by atoms with E-state index in [0.717, 1.165) is 23.0 Å². The number of ether oxygens (including phenoxy) is 2. The van der Waals surface area contributed by atoms with E-state index in [4.69, 9.17) is 25.2 Å². The predicted molar refractivity (Wildman–Crippen MR) is 130 cm³/mol. The van der Waals surface area contributed by atoms with Gasteiger partial charge in [-0.05, 0) is 49.6 Å². The number of methoxy groups -OCH3 is 2. The molecule has 1 unspecified atom stereocenters. The number of carbonyl (C=O) groups excluding carboxylic acids is 1. The quantitative estimate of drug-likeness (QED) is 0.424. The van der Waals surface area contributed by atoms with Crippen LogP contribution < -0.4 is 20.5 Å². The molecule has 0 saturated carbocycles. The Labute approximate surface area is 192 Å². The maximum Gasteiger partial charge on any atom is 0.257 e. The highest BCUT2D eigenvalue weighted by molar-refractivity contribution is 6.10. The van der Waals surface area contributed by atoms with Gasteiger partial charge in [0, 0.05) is 12.6 Å². The van der Waals surface area contributed by atoms with Crippen molar-refractivity contribution >= 4 is 33.9 Å². The van der Waals surface area contributed by atoms with Gasteiger partial charge < -0.3 is 25.1 Å². The Morgan fingerprint density at radius 3 is 2.45 bits per heavy atom. The summed E-state index contributed by atoms with van der Waals surface area (Å²) in [6.07, 6.45) is 1.48. The molecule has 1 amide bonds. The van der Waals surface area contributed by atoms with Crippen LogP contribution in [-0.4, -0.2) is 40.7 Å². The largest absolute Gasteiger partial charge is 0.493 e. The van der Waals surface area contributed by atoms with E-state index < -0.39 is 0 Å². The minimum Gasteiger partial charge on any atom is -0.493 e. The van der Waals surface area contributed by atoms with E-state index in [9.17, 15) is 4.79 Å². The van der Waals surface area contributed by atoms with Gasteiger partial charge in [0.1, 0.15) is 16.9 Å². The number of hydrogen-bond acceptors (Lipinski definition) is 6. The van der Waals surface area contributed by atoms with Crippen molar-refractivity contribution in [3.8, 4) is 11.5 Å². The highest BCUT2D eigenvalue weighted by Crippen LogP contribution is 2.30. The Morgan fingerprint density at radius 2 is 1.79 bits per heavy atom.